The molecule has 0 aliphatic rings. The van der Waals surface area contributed by atoms with Gasteiger partial charge in [-0.05, 0) is 0 Å². The number of hydrogen-bond donors (Lipinski definition) is 3. The molecule has 104 valence electrons. The molecule has 0 amide bonds. The normalized spacial score (nSPS) is 12.5. The zero-order chi connectivity index (χ0) is 14.2. The Morgan fingerprint density at radius 2 is 2.10 bits per heavy atom. The van der Waals surface area contributed by atoms with Crippen LogP contribution in [-0.4, -0.2) is 36.9 Å². The number of nitrogens with one attached hydrogen (secondary N) is 1. The standard InChI is InChI=1S/C8H12N5O5P.2Na/c9-8-11-6-5(7(15)12-8)10-3-13(6)1-4(14)2-19(16,17)18;;/h3-4,14H,1-2H2,(H2,16,17,18)(H3,9,11,12,15);;/q;2*+1/p-2/t4-;;/m0../s1. The fourth-order valence-electron chi connectivity index (χ4n) is 1.65. The van der Waals surface area contributed by atoms with Crippen molar-refractivity contribution in [1.82, 2.24) is 19.5 Å². The summed E-state index contributed by atoms with van der Waals surface area (Å²) in [7, 11) is -4.82. The summed E-state index contributed by atoms with van der Waals surface area (Å²) in [6, 6.07) is 0. The Morgan fingerprint density at radius 1 is 1.48 bits per heavy atom. The molecule has 2 rings (SSSR count). The first-order chi connectivity index (χ1) is 8.76. The third kappa shape index (κ3) is 5.76. The molecular formula is C8H10N5Na2O5P. The molecule has 0 radical (unpaired) electrons. The Morgan fingerprint density at radius 3 is 2.67 bits per heavy atom. The van der Waals surface area contributed by atoms with Gasteiger partial charge in [0.05, 0.1) is 19.0 Å². The van der Waals surface area contributed by atoms with Crippen molar-refractivity contribution < 1.29 is 78.6 Å². The first-order valence-electron chi connectivity index (χ1n) is 5.16. The Kier molecular flexibility index (Phi) is 8.31. The van der Waals surface area contributed by atoms with Crippen LogP contribution in [0.2, 0.25) is 0 Å². The molecule has 0 aromatic carbocycles. The van der Waals surface area contributed by atoms with Gasteiger partial charge in [0.25, 0.3) is 5.56 Å². The maximum atomic E-state index is 11.5. The van der Waals surface area contributed by atoms with Crippen LogP contribution in [0.4, 0.5) is 5.95 Å². The molecule has 0 saturated carbocycles. The van der Waals surface area contributed by atoms with Gasteiger partial charge in [-0.1, -0.05) is 7.60 Å². The van der Waals surface area contributed by atoms with Crippen LogP contribution in [0.5, 0.6) is 0 Å². The molecule has 10 nitrogen and oxygen atoms in total. The summed E-state index contributed by atoms with van der Waals surface area (Å²) in [6.07, 6.45) is -1.12. The summed E-state index contributed by atoms with van der Waals surface area (Å²) in [5, 5.41) is 9.49. The van der Waals surface area contributed by atoms with Gasteiger partial charge in [0, 0.05) is 6.16 Å². The molecule has 0 bridgehead atoms. The number of nitrogen functional groups attached to an aromatic ring is 1. The zero-order valence-electron chi connectivity index (χ0n) is 11.5. The second-order valence-corrected chi connectivity index (χ2v) is 5.55. The average molecular weight is 333 g/mol. The second kappa shape index (κ2) is 8.21. The second-order valence-electron chi connectivity index (χ2n) is 3.97. The molecule has 2 aromatic heterocycles. The molecule has 0 aliphatic heterocycles. The van der Waals surface area contributed by atoms with E-state index in [0.29, 0.717) is 0 Å². The Hall–Kier alpha value is 0.260. The number of fused-ring (bicyclic) bond motifs is 1. The fourth-order valence-corrected chi connectivity index (χ4v) is 2.28. The number of aliphatic hydroxyl groups is 1. The number of aliphatic hydroxyl groups excluding tert-OH is 1. The summed E-state index contributed by atoms with van der Waals surface area (Å²) in [5.41, 5.74) is 4.94. The molecule has 2 heterocycles. The van der Waals surface area contributed by atoms with Crippen LogP contribution >= 0.6 is 7.60 Å². The van der Waals surface area contributed by atoms with Crippen LogP contribution < -0.4 is 80.2 Å². The topological polar surface area (TPSA) is 173 Å². The first kappa shape index (κ1) is 21.3. The maximum Gasteiger partial charge on any atom is 1.00 e. The van der Waals surface area contributed by atoms with E-state index in [0.717, 1.165) is 0 Å². The Labute approximate surface area is 162 Å². The Balaban J connectivity index is 0.00000200. The average Bonchev–Trinajstić information content (AvgIpc) is 2.58. The van der Waals surface area contributed by atoms with Crippen molar-refractivity contribution in [3.05, 3.63) is 16.7 Å². The molecule has 0 spiro atoms. The summed E-state index contributed by atoms with van der Waals surface area (Å²) in [6.45, 7) is -0.235. The van der Waals surface area contributed by atoms with Crippen molar-refractivity contribution in [2.75, 3.05) is 11.9 Å². The minimum absolute atomic E-state index is 0. The van der Waals surface area contributed by atoms with Crippen molar-refractivity contribution in [1.29, 1.82) is 0 Å². The molecular weight excluding hydrogens is 323 g/mol. The van der Waals surface area contributed by atoms with Gasteiger partial charge in [-0.3, -0.25) is 9.78 Å². The molecule has 21 heavy (non-hydrogen) atoms. The molecule has 1 atom stereocenters. The molecule has 0 saturated heterocycles. The number of aromatic nitrogens is 4. The quantitative estimate of drug-likeness (QED) is 0.365. The number of hydrogen-bond acceptors (Lipinski definition) is 8. The van der Waals surface area contributed by atoms with Crippen molar-refractivity contribution in [3.8, 4) is 0 Å². The van der Waals surface area contributed by atoms with Gasteiger partial charge in [0.15, 0.2) is 11.2 Å². The van der Waals surface area contributed by atoms with Gasteiger partial charge >= 0.3 is 59.1 Å². The van der Waals surface area contributed by atoms with Crippen LogP contribution in [0.15, 0.2) is 11.1 Å². The van der Waals surface area contributed by atoms with Crippen molar-refractivity contribution in [2.45, 2.75) is 12.6 Å². The third-order valence-electron chi connectivity index (χ3n) is 2.33. The molecule has 0 fully saturated rings. The number of imidazole rings is 1. The molecule has 13 heteroatoms. The number of aromatic amines is 1. The number of anilines is 1. The predicted molar refractivity (Wildman–Crippen MR) is 61.0 cm³/mol. The largest absolute Gasteiger partial charge is 1.00 e. The number of H-pyrrole nitrogens is 1. The van der Waals surface area contributed by atoms with Gasteiger partial charge < -0.3 is 29.8 Å². The summed E-state index contributed by atoms with van der Waals surface area (Å²) < 4.78 is 11.8. The monoisotopic (exact) mass is 333 g/mol. The van der Waals surface area contributed by atoms with E-state index in [4.69, 9.17) is 5.73 Å². The van der Waals surface area contributed by atoms with E-state index in [1.165, 1.54) is 10.9 Å². The number of nitrogens with two attached hydrogens (primary N) is 1. The summed E-state index contributed by atoms with van der Waals surface area (Å²) in [4.78, 5) is 42.4. The van der Waals surface area contributed by atoms with Crippen molar-refractivity contribution in [2.24, 2.45) is 0 Å². The minimum Gasteiger partial charge on any atom is -0.811 e. The van der Waals surface area contributed by atoms with Crippen molar-refractivity contribution in [3.63, 3.8) is 0 Å². The van der Waals surface area contributed by atoms with E-state index in [9.17, 15) is 24.3 Å². The molecule has 4 N–H and O–H groups in total. The molecule has 0 unspecified atom stereocenters. The summed E-state index contributed by atoms with van der Waals surface area (Å²) >= 11 is 0. The van der Waals surface area contributed by atoms with Crippen LogP contribution in [-0.2, 0) is 11.1 Å². The minimum atomic E-state index is -4.82. The van der Waals surface area contributed by atoms with Gasteiger partial charge in [0.2, 0.25) is 5.95 Å². The van der Waals surface area contributed by atoms with Crippen LogP contribution in [0, 0.1) is 0 Å². The van der Waals surface area contributed by atoms with E-state index in [1.54, 1.807) is 0 Å². The van der Waals surface area contributed by atoms with E-state index in [1.807, 2.05) is 0 Å². The van der Waals surface area contributed by atoms with Gasteiger partial charge in [-0.2, -0.15) is 4.98 Å². The number of nitrogens with zero attached hydrogens (tertiary/aromatic N) is 3. The van der Waals surface area contributed by atoms with Gasteiger partial charge in [-0.15, -0.1) is 0 Å². The Bertz CT molecular complexity index is 713. The third-order valence-corrected chi connectivity index (χ3v) is 3.20. The van der Waals surface area contributed by atoms with Crippen molar-refractivity contribution >= 4 is 24.7 Å². The van der Waals surface area contributed by atoms with E-state index < -0.39 is 25.4 Å². The van der Waals surface area contributed by atoms with Gasteiger partial charge in [0.1, 0.15) is 0 Å². The smallest absolute Gasteiger partial charge is 0.811 e. The van der Waals surface area contributed by atoms with E-state index in [-0.39, 0.29) is 82.8 Å². The predicted octanol–water partition coefficient (Wildman–Crippen LogP) is -9.02. The van der Waals surface area contributed by atoms with E-state index in [2.05, 4.69) is 15.0 Å². The van der Waals surface area contributed by atoms with Gasteiger partial charge in [-0.25, -0.2) is 4.98 Å². The first-order valence-corrected chi connectivity index (χ1v) is 6.89. The van der Waals surface area contributed by atoms with E-state index >= 15 is 0 Å². The molecule has 2 aromatic rings. The van der Waals surface area contributed by atoms with Crippen LogP contribution in [0.25, 0.3) is 11.2 Å². The fraction of sp³-hybridized carbons (Fsp3) is 0.375. The zero-order valence-corrected chi connectivity index (χ0v) is 16.4. The maximum absolute atomic E-state index is 11.5. The SMILES string of the molecule is Nc1nc2c(ncn2C[C@H](O)CP(=O)([O-])[O-])c(=O)[nH]1.[Na+].[Na+]. The molecule has 0 aliphatic carbocycles. The van der Waals surface area contributed by atoms with Crippen LogP contribution in [0.3, 0.4) is 0 Å². The van der Waals surface area contributed by atoms with Crippen LogP contribution in [0.1, 0.15) is 0 Å². The number of rotatable bonds is 4. The summed E-state index contributed by atoms with van der Waals surface area (Å²) in [5.74, 6) is -0.132.